The molecule has 2 aromatic rings. The lowest BCUT2D eigenvalue weighted by atomic mass is 10.1. The Hall–Kier alpha value is -2.10. The Kier molecular flexibility index (Phi) is 3.77. The highest BCUT2D eigenvalue weighted by Gasteiger charge is 2.02. The zero-order chi connectivity index (χ0) is 13.0. The maximum absolute atomic E-state index is 11.5. The van der Waals surface area contributed by atoms with Crippen LogP contribution in [0.1, 0.15) is 18.9 Å². The zero-order valence-electron chi connectivity index (χ0n) is 10.7. The van der Waals surface area contributed by atoms with Gasteiger partial charge >= 0.3 is 6.03 Å². The molecule has 0 aliphatic rings. The molecular formula is C14H17N3O. The van der Waals surface area contributed by atoms with Crippen LogP contribution in [0.3, 0.4) is 0 Å². The second kappa shape index (κ2) is 5.49. The quantitative estimate of drug-likeness (QED) is 0.870. The van der Waals surface area contributed by atoms with E-state index in [1.807, 2.05) is 38.1 Å². The minimum Gasteiger partial charge on any atom is -0.338 e. The number of rotatable bonds is 3. The molecule has 2 rings (SSSR count). The maximum Gasteiger partial charge on any atom is 0.320 e. The van der Waals surface area contributed by atoms with E-state index in [0.29, 0.717) is 12.4 Å². The lowest BCUT2D eigenvalue weighted by Crippen LogP contribution is -2.29. The van der Waals surface area contributed by atoms with Crippen molar-refractivity contribution in [1.29, 1.82) is 0 Å². The summed E-state index contributed by atoms with van der Waals surface area (Å²) in [7, 11) is 0. The van der Waals surface area contributed by atoms with E-state index >= 15 is 0 Å². The van der Waals surface area contributed by atoms with Crippen molar-refractivity contribution in [3.63, 3.8) is 0 Å². The van der Waals surface area contributed by atoms with Crippen molar-refractivity contribution in [3.05, 3.63) is 35.9 Å². The lowest BCUT2D eigenvalue weighted by Gasteiger charge is -2.07. The van der Waals surface area contributed by atoms with Gasteiger partial charge in [-0.05, 0) is 37.6 Å². The first kappa shape index (κ1) is 12.4. The molecule has 1 aromatic carbocycles. The summed E-state index contributed by atoms with van der Waals surface area (Å²) in [6, 6.07) is 9.60. The normalized spacial score (nSPS) is 10.3. The van der Waals surface area contributed by atoms with Crippen LogP contribution < -0.4 is 10.6 Å². The minimum absolute atomic E-state index is 0.212. The Morgan fingerprint density at radius 1 is 1.28 bits per heavy atom. The number of aryl methyl sites for hydroxylation is 1. The Bertz CT molecular complexity index is 566. The molecule has 0 radical (unpaired) electrons. The molecule has 0 aliphatic heterocycles. The predicted octanol–water partition coefficient (Wildman–Crippen LogP) is 3.07. The number of nitrogens with zero attached hydrogens (tertiary/aromatic N) is 1. The fraction of sp³-hybridized carbons (Fsp3) is 0.286. The van der Waals surface area contributed by atoms with Crippen molar-refractivity contribution in [1.82, 2.24) is 10.3 Å². The molecule has 1 heterocycles. The zero-order valence-corrected chi connectivity index (χ0v) is 10.7. The maximum atomic E-state index is 11.5. The van der Waals surface area contributed by atoms with Crippen LogP contribution in [0.5, 0.6) is 0 Å². The summed E-state index contributed by atoms with van der Waals surface area (Å²) < 4.78 is 0. The smallest absolute Gasteiger partial charge is 0.320 e. The van der Waals surface area contributed by atoms with Gasteiger partial charge in [-0.3, -0.25) is 5.32 Å². The molecule has 1 aromatic heterocycles. The topological polar surface area (TPSA) is 54.0 Å². The highest BCUT2D eigenvalue weighted by molar-refractivity contribution is 5.90. The van der Waals surface area contributed by atoms with Gasteiger partial charge in [0.1, 0.15) is 5.82 Å². The van der Waals surface area contributed by atoms with E-state index in [1.54, 1.807) is 0 Å². The van der Waals surface area contributed by atoms with Gasteiger partial charge in [0.15, 0.2) is 0 Å². The van der Waals surface area contributed by atoms with E-state index in [4.69, 9.17) is 0 Å². The van der Waals surface area contributed by atoms with Gasteiger partial charge in [-0.25, -0.2) is 9.78 Å². The van der Waals surface area contributed by atoms with Gasteiger partial charge in [0.05, 0.1) is 5.52 Å². The van der Waals surface area contributed by atoms with Crippen LogP contribution in [0.15, 0.2) is 30.3 Å². The minimum atomic E-state index is -0.212. The van der Waals surface area contributed by atoms with Gasteiger partial charge in [0.25, 0.3) is 0 Å². The van der Waals surface area contributed by atoms with Gasteiger partial charge in [-0.2, -0.15) is 0 Å². The molecule has 94 valence electrons. The SMILES string of the molecule is CCCNC(=O)Nc1ccc2cc(C)ccc2n1. The van der Waals surface area contributed by atoms with Gasteiger partial charge in [-0.15, -0.1) is 0 Å². The van der Waals surface area contributed by atoms with Crippen LogP contribution in [0.25, 0.3) is 10.9 Å². The summed E-state index contributed by atoms with van der Waals surface area (Å²) >= 11 is 0. The lowest BCUT2D eigenvalue weighted by molar-refractivity contribution is 0.252. The molecular weight excluding hydrogens is 226 g/mol. The number of fused-ring (bicyclic) bond motifs is 1. The third-order valence-electron chi connectivity index (χ3n) is 2.62. The highest BCUT2D eigenvalue weighted by Crippen LogP contribution is 2.16. The Balaban J connectivity index is 2.15. The van der Waals surface area contributed by atoms with Gasteiger partial charge in [0.2, 0.25) is 0 Å². The Labute approximate surface area is 106 Å². The van der Waals surface area contributed by atoms with Crippen LogP contribution in [0, 0.1) is 6.92 Å². The van der Waals surface area contributed by atoms with Crippen molar-refractivity contribution >= 4 is 22.8 Å². The van der Waals surface area contributed by atoms with Crippen LogP contribution in [0.2, 0.25) is 0 Å². The van der Waals surface area contributed by atoms with E-state index in [2.05, 4.69) is 21.7 Å². The summed E-state index contributed by atoms with van der Waals surface area (Å²) in [5.41, 5.74) is 2.08. The van der Waals surface area contributed by atoms with Crippen molar-refractivity contribution in [2.24, 2.45) is 0 Å². The van der Waals surface area contributed by atoms with E-state index in [-0.39, 0.29) is 6.03 Å². The van der Waals surface area contributed by atoms with E-state index < -0.39 is 0 Å². The highest BCUT2D eigenvalue weighted by atomic mass is 16.2. The molecule has 4 nitrogen and oxygen atoms in total. The average molecular weight is 243 g/mol. The molecule has 0 spiro atoms. The number of amides is 2. The predicted molar refractivity (Wildman–Crippen MR) is 73.8 cm³/mol. The number of nitrogens with one attached hydrogen (secondary N) is 2. The van der Waals surface area contributed by atoms with Crippen molar-refractivity contribution in [2.75, 3.05) is 11.9 Å². The number of urea groups is 1. The van der Waals surface area contributed by atoms with Crippen molar-refractivity contribution < 1.29 is 4.79 Å². The number of aromatic nitrogens is 1. The molecule has 2 amide bonds. The second-order valence-electron chi connectivity index (χ2n) is 4.27. The third kappa shape index (κ3) is 2.97. The molecule has 2 N–H and O–H groups in total. The monoisotopic (exact) mass is 243 g/mol. The van der Waals surface area contributed by atoms with E-state index in [0.717, 1.165) is 17.3 Å². The summed E-state index contributed by atoms with van der Waals surface area (Å²) in [4.78, 5) is 15.9. The summed E-state index contributed by atoms with van der Waals surface area (Å²) in [5.74, 6) is 0.569. The number of hydrogen-bond acceptors (Lipinski definition) is 2. The van der Waals surface area contributed by atoms with Crippen LogP contribution in [0.4, 0.5) is 10.6 Å². The van der Waals surface area contributed by atoms with E-state index in [1.165, 1.54) is 5.56 Å². The molecule has 18 heavy (non-hydrogen) atoms. The standard InChI is InChI=1S/C14H17N3O/c1-3-8-15-14(18)17-13-7-5-11-9-10(2)4-6-12(11)16-13/h4-7,9H,3,8H2,1-2H3,(H2,15,16,17,18). The first-order valence-electron chi connectivity index (χ1n) is 6.11. The Morgan fingerprint density at radius 2 is 2.11 bits per heavy atom. The summed E-state index contributed by atoms with van der Waals surface area (Å²) in [6.45, 7) is 4.72. The average Bonchev–Trinajstić information content (AvgIpc) is 2.36. The molecule has 0 bridgehead atoms. The third-order valence-corrected chi connectivity index (χ3v) is 2.62. The molecule has 0 aliphatic carbocycles. The first-order valence-corrected chi connectivity index (χ1v) is 6.11. The number of pyridine rings is 1. The van der Waals surface area contributed by atoms with Gasteiger partial charge in [0, 0.05) is 11.9 Å². The number of carbonyl (C=O) groups excluding carboxylic acids is 1. The summed E-state index contributed by atoms with van der Waals surface area (Å²) in [6.07, 6.45) is 0.915. The summed E-state index contributed by atoms with van der Waals surface area (Å²) in [5, 5.41) is 6.55. The van der Waals surface area contributed by atoms with Gasteiger partial charge in [-0.1, -0.05) is 18.6 Å². The van der Waals surface area contributed by atoms with Crippen LogP contribution in [-0.2, 0) is 0 Å². The van der Waals surface area contributed by atoms with Crippen molar-refractivity contribution in [2.45, 2.75) is 20.3 Å². The molecule has 0 saturated heterocycles. The first-order chi connectivity index (χ1) is 8.69. The largest absolute Gasteiger partial charge is 0.338 e. The fourth-order valence-electron chi connectivity index (χ4n) is 1.71. The van der Waals surface area contributed by atoms with Gasteiger partial charge < -0.3 is 5.32 Å². The molecule has 0 atom stereocenters. The molecule has 0 fully saturated rings. The van der Waals surface area contributed by atoms with Crippen LogP contribution in [-0.4, -0.2) is 17.6 Å². The molecule has 4 heteroatoms. The fourth-order valence-corrected chi connectivity index (χ4v) is 1.71. The number of carbonyl (C=O) groups is 1. The number of hydrogen-bond donors (Lipinski definition) is 2. The van der Waals surface area contributed by atoms with E-state index in [9.17, 15) is 4.79 Å². The molecule has 0 saturated carbocycles. The number of benzene rings is 1. The van der Waals surface area contributed by atoms with Crippen LogP contribution >= 0.6 is 0 Å². The molecule has 0 unspecified atom stereocenters. The Morgan fingerprint density at radius 3 is 2.89 bits per heavy atom. The second-order valence-corrected chi connectivity index (χ2v) is 4.27. The van der Waals surface area contributed by atoms with Crippen molar-refractivity contribution in [3.8, 4) is 0 Å². The number of anilines is 1.